The summed E-state index contributed by atoms with van der Waals surface area (Å²) in [6.45, 7) is 0.182. The standard InChI is InChI=1S/C12H14BrNO3S/c13-10-3-1-9(2-4-10)12(15)7-14-11-5-6-18(16,17)8-11/h1-4,11,14H,5-8H2. The summed E-state index contributed by atoms with van der Waals surface area (Å²) in [5.41, 5.74) is 0.631. The van der Waals surface area contributed by atoms with Gasteiger partial charge in [0, 0.05) is 16.1 Å². The fourth-order valence-electron chi connectivity index (χ4n) is 1.93. The van der Waals surface area contributed by atoms with Gasteiger partial charge in [-0.25, -0.2) is 8.42 Å². The summed E-state index contributed by atoms with van der Waals surface area (Å²) in [4.78, 5) is 11.8. The van der Waals surface area contributed by atoms with Crippen molar-refractivity contribution >= 4 is 31.6 Å². The van der Waals surface area contributed by atoms with Crippen LogP contribution in [0, 0.1) is 0 Å². The van der Waals surface area contributed by atoms with Crippen molar-refractivity contribution in [3.05, 3.63) is 34.3 Å². The lowest BCUT2D eigenvalue weighted by Crippen LogP contribution is -2.34. The first-order valence-corrected chi connectivity index (χ1v) is 8.30. The molecule has 1 saturated heterocycles. The summed E-state index contributed by atoms with van der Waals surface area (Å²) in [6, 6.07) is 7.04. The van der Waals surface area contributed by atoms with Crippen LogP contribution < -0.4 is 5.32 Å². The Morgan fingerprint density at radius 1 is 1.33 bits per heavy atom. The molecule has 0 amide bonds. The smallest absolute Gasteiger partial charge is 0.176 e. The molecular formula is C12H14BrNO3S. The molecule has 1 aliphatic heterocycles. The Morgan fingerprint density at radius 2 is 2.00 bits per heavy atom. The van der Waals surface area contributed by atoms with Crippen molar-refractivity contribution in [2.75, 3.05) is 18.1 Å². The fourth-order valence-corrected chi connectivity index (χ4v) is 3.90. The number of Topliss-reactive ketones (excluding diaryl/α,β-unsaturated/α-hetero) is 1. The highest BCUT2D eigenvalue weighted by Gasteiger charge is 2.27. The van der Waals surface area contributed by atoms with Crippen LogP contribution in [-0.2, 0) is 9.84 Å². The molecule has 1 heterocycles. The van der Waals surface area contributed by atoms with Crippen LogP contribution in [0.25, 0.3) is 0 Å². The van der Waals surface area contributed by atoms with Gasteiger partial charge in [-0.05, 0) is 18.6 Å². The van der Waals surface area contributed by atoms with Gasteiger partial charge in [-0.15, -0.1) is 0 Å². The Morgan fingerprint density at radius 3 is 2.56 bits per heavy atom. The summed E-state index contributed by atoms with van der Waals surface area (Å²) in [7, 11) is -2.89. The Hall–Kier alpha value is -0.720. The van der Waals surface area contributed by atoms with Crippen molar-refractivity contribution in [1.82, 2.24) is 5.32 Å². The molecule has 98 valence electrons. The Kier molecular flexibility index (Phi) is 4.19. The van der Waals surface area contributed by atoms with E-state index in [4.69, 9.17) is 0 Å². The number of benzene rings is 1. The van der Waals surface area contributed by atoms with Gasteiger partial charge in [-0.3, -0.25) is 4.79 Å². The minimum atomic E-state index is -2.89. The van der Waals surface area contributed by atoms with Crippen molar-refractivity contribution < 1.29 is 13.2 Å². The lowest BCUT2D eigenvalue weighted by atomic mass is 10.1. The predicted octanol–water partition coefficient (Wildman–Crippen LogP) is 1.41. The van der Waals surface area contributed by atoms with Crippen molar-refractivity contribution in [1.29, 1.82) is 0 Å². The highest BCUT2D eigenvalue weighted by Crippen LogP contribution is 2.12. The van der Waals surface area contributed by atoms with Crippen LogP contribution in [0.1, 0.15) is 16.8 Å². The first kappa shape index (κ1) is 13.7. The van der Waals surface area contributed by atoms with Crippen LogP contribution in [0.2, 0.25) is 0 Å². The molecule has 1 fully saturated rings. The van der Waals surface area contributed by atoms with Crippen LogP contribution in [0.3, 0.4) is 0 Å². The highest BCUT2D eigenvalue weighted by atomic mass is 79.9. The maximum absolute atomic E-state index is 11.8. The molecule has 1 aromatic carbocycles. The number of carbonyl (C=O) groups is 1. The SMILES string of the molecule is O=C(CNC1CCS(=O)(=O)C1)c1ccc(Br)cc1. The third-order valence-electron chi connectivity index (χ3n) is 2.95. The molecule has 0 aromatic heterocycles. The van der Waals surface area contributed by atoms with Crippen molar-refractivity contribution in [3.8, 4) is 0 Å². The molecule has 0 bridgehead atoms. The molecule has 0 aliphatic carbocycles. The number of rotatable bonds is 4. The summed E-state index contributed by atoms with van der Waals surface area (Å²) in [6.07, 6.45) is 0.593. The number of carbonyl (C=O) groups excluding carboxylic acids is 1. The Labute approximate surface area is 115 Å². The molecule has 6 heteroatoms. The lowest BCUT2D eigenvalue weighted by Gasteiger charge is -2.09. The van der Waals surface area contributed by atoms with Gasteiger partial charge in [-0.1, -0.05) is 28.1 Å². The summed E-state index contributed by atoms with van der Waals surface area (Å²) >= 11 is 3.31. The van der Waals surface area contributed by atoms with Crippen LogP contribution in [0.15, 0.2) is 28.7 Å². The third-order valence-corrected chi connectivity index (χ3v) is 5.25. The van der Waals surface area contributed by atoms with Crippen molar-refractivity contribution in [3.63, 3.8) is 0 Å². The maximum atomic E-state index is 11.8. The topological polar surface area (TPSA) is 63.2 Å². The molecule has 0 spiro atoms. The van der Waals surface area contributed by atoms with E-state index in [9.17, 15) is 13.2 Å². The third kappa shape index (κ3) is 3.63. The van der Waals surface area contributed by atoms with Crippen molar-refractivity contribution in [2.24, 2.45) is 0 Å². The highest BCUT2D eigenvalue weighted by molar-refractivity contribution is 9.10. The second-order valence-electron chi connectivity index (χ2n) is 4.41. The predicted molar refractivity (Wildman–Crippen MR) is 73.5 cm³/mol. The number of hydrogen-bond donors (Lipinski definition) is 1. The van der Waals surface area contributed by atoms with E-state index in [0.717, 1.165) is 4.47 Å². The van der Waals surface area contributed by atoms with E-state index in [1.807, 2.05) is 12.1 Å². The molecule has 1 atom stereocenters. The molecule has 2 rings (SSSR count). The molecule has 1 aliphatic rings. The first-order valence-electron chi connectivity index (χ1n) is 5.69. The van der Waals surface area contributed by atoms with Crippen molar-refractivity contribution in [2.45, 2.75) is 12.5 Å². The van der Waals surface area contributed by atoms with Gasteiger partial charge < -0.3 is 5.32 Å². The van der Waals surface area contributed by atoms with Crippen LogP contribution >= 0.6 is 15.9 Å². The van der Waals surface area contributed by atoms with Gasteiger partial charge in [0.2, 0.25) is 0 Å². The summed E-state index contributed by atoms with van der Waals surface area (Å²) in [5.74, 6) is 0.337. The van der Waals surface area contributed by atoms with E-state index in [2.05, 4.69) is 21.2 Å². The molecule has 1 aromatic rings. The zero-order valence-electron chi connectivity index (χ0n) is 9.73. The second kappa shape index (κ2) is 5.50. The van der Waals surface area contributed by atoms with E-state index >= 15 is 0 Å². The molecule has 1 N–H and O–H groups in total. The first-order chi connectivity index (χ1) is 8.46. The maximum Gasteiger partial charge on any atom is 0.176 e. The second-order valence-corrected chi connectivity index (χ2v) is 7.56. The summed E-state index contributed by atoms with van der Waals surface area (Å²) < 4.78 is 23.5. The van der Waals surface area contributed by atoms with Gasteiger partial charge in [0.1, 0.15) is 0 Å². The lowest BCUT2D eigenvalue weighted by molar-refractivity contribution is 0.0988. The van der Waals surface area contributed by atoms with Gasteiger partial charge in [0.05, 0.1) is 18.1 Å². The van der Waals surface area contributed by atoms with E-state index in [1.165, 1.54) is 0 Å². The average molecular weight is 332 g/mol. The molecule has 0 saturated carbocycles. The van der Waals surface area contributed by atoms with E-state index < -0.39 is 9.84 Å². The molecular weight excluding hydrogens is 318 g/mol. The largest absolute Gasteiger partial charge is 0.306 e. The summed E-state index contributed by atoms with van der Waals surface area (Å²) in [5, 5.41) is 3.01. The van der Waals surface area contributed by atoms with Crippen LogP contribution in [0.5, 0.6) is 0 Å². The Bertz CT molecular complexity index is 539. The number of sulfone groups is 1. The number of hydrogen-bond acceptors (Lipinski definition) is 4. The minimum Gasteiger partial charge on any atom is -0.306 e. The van der Waals surface area contributed by atoms with Gasteiger partial charge in [-0.2, -0.15) is 0 Å². The van der Waals surface area contributed by atoms with Crippen LogP contribution in [0.4, 0.5) is 0 Å². The van der Waals surface area contributed by atoms with Gasteiger partial charge in [0.25, 0.3) is 0 Å². The van der Waals surface area contributed by atoms with E-state index in [0.29, 0.717) is 12.0 Å². The number of nitrogens with one attached hydrogen (secondary N) is 1. The fraction of sp³-hybridized carbons (Fsp3) is 0.417. The quantitative estimate of drug-likeness (QED) is 0.847. The van der Waals surface area contributed by atoms with Gasteiger partial charge in [0.15, 0.2) is 15.6 Å². The normalized spacial score (nSPS) is 21.9. The van der Waals surface area contributed by atoms with E-state index in [-0.39, 0.29) is 29.9 Å². The zero-order valence-corrected chi connectivity index (χ0v) is 12.1. The average Bonchev–Trinajstić information content (AvgIpc) is 2.67. The van der Waals surface area contributed by atoms with Crippen LogP contribution in [-0.4, -0.2) is 38.3 Å². The number of ketones is 1. The molecule has 4 nitrogen and oxygen atoms in total. The number of halogens is 1. The van der Waals surface area contributed by atoms with E-state index in [1.54, 1.807) is 12.1 Å². The molecule has 18 heavy (non-hydrogen) atoms. The molecule has 0 radical (unpaired) electrons. The van der Waals surface area contributed by atoms with Gasteiger partial charge >= 0.3 is 0 Å². The molecule has 1 unspecified atom stereocenters. The Balaban J connectivity index is 1.87. The minimum absolute atomic E-state index is 0.0215. The monoisotopic (exact) mass is 331 g/mol. The zero-order chi connectivity index (χ0) is 13.2.